The molecule has 3 N–H and O–H groups in total. The first kappa shape index (κ1) is 18.1. The highest BCUT2D eigenvalue weighted by molar-refractivity contribution is 6.07. The predicted octanol–water partition coefficient (Wildman–Crippen LogP) is 1.18. The van der Waals surface area contributed by atoms with Crippen molar-refractivity contribution in [1.29, 1.82) is 0 Å². The van der Waals surface area contributed by atoms with Gasteiger partial charge in [-0.25, -0.2) is 14.8 Å². The molecule has 0 unspecified atom stereocenters. The minimum absolute atomic E-state index is 0.00698. The van der Waals surface area contributed by atoms with Crippen molar-refractivity contribution in [3.05, 3.63) is 17.5 Å². The maximum Gasteiger partial charge on any atom is 0.325 e. The Hall–Kier alpha value is -2.71. The largest absolute Gasteiger partial charge is 0.325 e. The zero-order valence-electron chi connectivity index (χ0n) is 15.1. The van der Waals surface area contributed by atoms with Crippen LogP contribution in [0.25, 0.3) is 0 Å². The average Bonchev–Trinajstić information content (AvgIpc) is 2.81. The van der Waals surface area contributed by atoms with Crippen LogP contribution in [0.15, 0.2) is 6.07 Å². The molecular formula is C17H24N6O3. The molecule has 2 aliphatic rings. The second-order valence-corrected chi connectivity index (χ2v) is 6.93. The van der Waals surface area contributed by atoms with Crippen LogP contribution in [0.3, 0.4) is 0 Å². The lowest BCUT2D eigenvalue weighted by molar-refractivity contribution is -0.132. The van der Waals surface area contributed by atoms with Crippen LogP contribution in [-0.2, 0) is 9.59 Å². The Morgan fingerprint density at radius 2 is 1.85 bits per heavy atom. The molecular weight excluding hydrogens is 336 g/mol. The summed E-state index contributed by atoms with van der Waals surface area (Å²) in [6.07, 6.45) is 4.30. The minimum atomic E-state index is -0.753. The number of nitrogens with one attached hydrogen (secondary N) is 3. The lowest BCUT2D eigenvalue weighted by atomic mass is 9.82. The summed E-state index contributed by atoms with van der Waals surface area (Å²) < 4.78 is 0. The Labute approximate surface area is 151 Å². The minimum Gasteiger partial charge on any atom is -0.323 e. The van der Waals surface area contributed by atoms with Crippen molar-refractivity contribution in [1.82, 2.24) is 25.6 Å². The monoisotopic (exact) mass is 360 g/mol. The van der Waals surface area contributed by atoms with Crippen molar-refractivity contribution in [2.75, 3.05) is 12.0 Å². The van der Waals surface area contributed by atoms with Gasteiger partial charge in [-0.1, -0.05) is 19.3 Å². The summed E-state index contributed by atoms with van der Waals surface area (Å²) in [5, 5.41) is 2.83. The summed E-state index contributed by atoms with van der Waals surface area (Å²) in [6.45, 7) is 3.72. The number of amides is 4. The summed E-state index contributed by atoms with van der Waals surface area (Å²) in [6, 6.07) is 1.42. The molecule has 1 aliphatic carbocycles. The van der Waals surface area contributed by atoms with E-state index in [-0.39, 0.29) is 24.8 Å². The first-order valence-corrected chi connectivity index (χ1v) is 8.91. The third-order valence-corrected chi connectivity index (χ3v) is 4.81. The number of aryl methyl sites for hydroxylation is 2. The second kappa shape index (κ2) is 7.27. The number of rotatable bonds is 5. The van der Waals surface area contributed by atoms with Gasteiger partial charge in [0.1, 0.15) is 5.54 Å². The molecule has 2 heterocycles. The molecule has 0 atom stereocenters. The highest BCUT2D eigenvalue weighted by Crippen LogP contribution is 2.33. The van der Waals surface area contributed by atoms with E-state index in [1.165, 1.54) is 0 Å². The van der Waals surface area contributed by atoms with Crippen molar-refractivity contribution in [3.63, 3.8) is 0 Å². The molecule has 1 saturated heterocycles. The van der Waals surface area contributed by atoms with Crippen molar-refractivity contribution < 1.29 is 14.4 Å². The van der Waals surface area contributed by atoms with Gasteiger partial charge in [0.2, 0.25) is 11.9 Å². The van der Waals surface area contributed by atoms with E-state index in [1.54, 1.807) is 0 Å². The number of carbonyl (C=O) groups excluding carboxylic acids is 3. The zero-order valence-corrected chi connectivity index (χ0v) is 15.1. The summed E-state index contributed by atoms with van der Waals surface area (Å²) in [4.78, 5) is 46.3. The number of hydrazine groups is 1. The fraction of sp³-hybridized carbons (Fsp3) is 0.588. The Kier molecular flexibility index (Phi) is 5.06. The van der Waals surface area contributed by atoms with Gasteiger partial charge in [-0.2, -0.15) is 0 Å². The highest BCUT2D eigenvalue weighted by Gasteiger charge is 2.50. The van der Waals surface area contributed by atoms with E-state index in [9.17, 15) is 14.4 Å². The molecule has 26 heavy (non-hydrogen) atoms. The van der Waals surface area contributed by atoms with Crippen molar-refractivity contribution >= 4 is 23.8 Å². The third kappa shape index (κ3) is 3.76. The molecule has 0 bridgehead atoms. The van der Waals surface area contributed by atoms with Crippen LogP contribution in [0.2, 0.25) is 0 Å². The van der Waals surface area contributed by atoms with E-state index >= 15 is 0 Å². The van der Waals surface area contributed by atoms with Crippen LogP contribution in [0, 0.1) is 13.8 Å². The van der Waals surface area contributed by atoms with E-state index in [4.69, 9.17) is 0 Å². The van der Waals surface area contributed by atoms with Gasteiger partial charge in [0, 0.05) is 24.4 Å². The number of hydrogen-bond acceptors (Lipinski definition) is 6. The number of imide groups is 1. The van der Waals surface area contributed by atoms with Crippen molar-refractivity contribution in [3.8, 4) is 0 Å². The fourth-order valence-electron chi connectivity index (χ4n) is 3.56. The molecule has 1 aromatic rings. The smallest absolute Gasteiger partial charge is 0.323 e. The van der Waals surface area contributed by atoms with Crippen LogP contribution in [0.1, 0.15) is 49.9 Å². The van der Waals surface area contributed by atoms with E-state index < -0.39 is 11.6 Å². The molecule has 1 saturated carbocycles. The highest BCUT2D eigenvalue weighted by atomic mass is 16.2. The van der Waals surface area contributed by atoms with Gasteiger partial charge in [0.15, 0.2) is 0 Å². The standard InChI is InChI=1S/C17H24N6O3/c1-11-10-12(2)19-15(18-11)22-21-13(24)6-9-23-14(25)17(20-16(23)26)7-4-3-5-8-17/h10H,3-9H2,1-2H3,(H,20,26)(H,21,24)(H,18,19,22). The molecule has 1 spiro atoms. The SMILES string of the molecule is Cc1cc(C)nc(NNC(=O)CCN2C(=O)NC3(CCCCC3)C2=O)n1. The van der Waals surface area contributed by atoms with Gasteiger partial charge in [-0.3, -0.25) is 25.3 Å². The average molecular weight is 360 g/mol. The van der Waals surface area contributed by atoms with Gasteiger partial charge in [0.05, 0.1) is 0 Å². The topological polar surface area (TPSA) is 116 Å². The predicted molar refractivity (Wildman–Crippen MR) is 93.9 cm³/mol. The maximum atomic E-state index is 12.6. The first-order valence-electron chi connectivity index (χ1n) is 8.91. The molecule has 0 radical (unpaired) electrons. The molecule has 1 aromatic heterocycles. The van der Waals surface area contributed by atoms with Gasteiger partial charge in [-0.05, 0) is 32.8 Å². The number of nitrogens with zero attached hydrogens (tertiary/aromatic N) is 3. The normalized spacial score (nSPS) is 18.8. The molecule has 4 amide bonds. The van der Waals surface area contributed by atoms with E-state index in [2.05, 4.69) is 26.1 Å². The number of urea groups is 1. The Morgan fingerprint density at radius 3 is 2.50 bits per heavy atom. The number of anilines is 1. The summed E-state index contributed by atoms with van der Waals surface area (Å²) >= 11 is 0. The molecule has 2 fully saturated rings. The maximum absolute atomic E-state index is 12.6. The summed E-state index contributed by atoms with van der Waals surface area (Å²) in [5.41, 5.74) is 5.96. The Bertz CT molecular complexity index is 709. The van der Waals surface area contributed by atoms with E-state index in [0.717, 1.165) is 35.6 Å². The van der Waals surface area contributed by atoms with Crippen LogP contribution in [0.5, 0.6) is 0 Å². The third-order valence-electron chi connectivity index (χ3n) is 4.81. The van der Waals surface area contributed by atoms with E-state index in [0.29, 0.717) is 18.8 Å². The summed E-state index contributed by atoms with van der Waals surface area (Å²) in [7, 11) is 0. The van der Waals surface area contributed by atoms with Crippen LogP contribution in [-0.4, -0.2) is 44.8 Å². The number of aromatic nitrogens is 2. The quantitative estimate of drug-likeness (QED) is 0.536. The first-order chi connectivity index (χ1) is 12.4. The van der Waals surface area contributed by atoms with Crippen LogP contribution >= 0.6 is 0 Å². The lowest BCUT2D eigenvalue weighted by Crippen LogP contribution is -2.48. The van der Waals surface area contributed by atoms with Crippen LogP contribution in [0.4, 0.5) is 10.7 Å². The second-order valence-electron chi connectivity index (χ2n) is 6.93. The Morgan fingerprint density at radius 1 is 1.19 bits per heavy atom. The number of carbonyl (C=O) groups is 3. The van der Waals surface area contributed by atoms with Crippen LogP contribution < -0.4 is 16.2 Å². The van der Waals surface area contributed by atoms with Gasteiger partial charge in [-0.15, -0.1) is 0 Å². The molecule has 3 rings (SSSR count). The fourth-order valence-corrected chi connectivity index (χ4v) is 3.56. The van der Waals surface area contributed by atoms with Crippen molar-refractivity contribution in [2.24, 2.45) is 0 Å². The van der Waals surface area contributed by atoms with Crippen molar-refractivity contribution in [2.45, 2.75) is 57.9 Å². The van der Waals surface area contributed by atoms with Gasteiger partial charge in [0.25, 0.3) is 5.91 Å². The molecule has 9 heteroatoms. The number of hydrogen-bond donors (Lipinski definition) is 3. The molecule has 9 nitrogen and oxygen atoms in total. The molecule has 140 valence electrons. The Balaban J connectivity index is 1.51. The zero-order chi connectivity index (χ0) is 18.7. The van der Waals surface area contributed by atoms with Gasteiger partial charge >= 0.3 is 6.03 Å². The lowest BCUT2D eigenvalue weighted by Gasteiger charge is -2.30. The van der Waals surface area contributed by atoms with Gasteiger partial charge < -0.3 is 5.32 Å². The summed E-state index contributed by atoms with van der Waals surface area (Å²) in [5.74, 6) is -0.259. The van der Waals surface area contributed by atoms with E-state index in [1.807, 2.05) is 19.9 Å². The molecule has 1 aliphatic heterocycles. The molecule has 0 aromatic carbocycles.